The van der Waals surface area contributed by atoms with Gasteiger partial charge in [-0.15, -0.1) is 0 Å². The molecule has 3 N–H and O–H groups in total. The van der Waals surface area contributed by atoms with Crippen LogP contribution in [0.25, 0.3) is 0 Å². The van der Waals surface area contributed by atoms with Crippen LogP contribution in [0.2, 0.25) is 0 Å². The number of nitrogens with one attached hydrogen (secondary N) is 2. The SMILES string of the molecule is CCCC(NC(C)C(=O)c1ccc2c(c1)CC(C)N2)C(=O)O. The predicted octanol–water partition coefficient (Wildman–Crippen LogP) is 2.46. The predicted molar refractivity (Wildman–Crippen MR) is 86.5 cm³/mol. The van der Waals surface area contributed by atoms with E-state index in [-0.39, 0.29) is 5.78 Å². The average molecular weight is 304 g/mol. The van der Waals surface area contributed by atoms with Crippen LogP contribution < -0.4 is 10.6 Å². The van der Waals surface area contributed by atoms with Gasteiger partial charge in [-0.3, -0.25) is 14.9 Å². The summed E-state index contributed by atoms with van der Waals surface area (Å²) in [6.07, 6.45) is 2.18. The second-order valence-corrected chi connectivity index (χ2v) is 6.05. The first-order chi connectivity index (χ1) is 10.4. The Hall–Kier alpha value is -1.88. The van der Waals surface area contributed by atoms with Crippen molar-refractivity contribution in [1.29, 1.82) is 0 Å². The maximum absolute atomic E-state index is 12.5. The van der Waals surface area contributed by atoms with Crippen LogP contribution in [0.3, 0.4) is 0 Å². The second-order valence-electron chi connectivity index (χ2n) is 6.05. The molecule has 1 aromatic rings. The van der Waals surface area contributed by atoms with Crippen LogP contribution in [-0.4, -0.2) is 35.0 Å². The van der Waals surface area contributed by atoms with Crippen molar-refractivity contribution in [3.8, 4) is 0 Å². The number of carbonyl (C=O) groups is 2. The minimum Gasteiger partial charge on any atom is -0.480 e. The molecule has 5 heteroatoms. The smallest absolute Gasteiger partial charge is 0.320 e. The zero-order chi connectivity index (χ0) is 16.3. The number of carbonyl (C=O) groups excluding carboxylic acids is 1. The highest BCUT2D eigenvalue weighted by atomic mass is 16.4. The lowest BCUT2D eigenvalue weighted by Gasteiger charge is -2.19. The quantitative estimate of drug-likeness (QED) is 0.674. The molecule has 0 fully saturated rings. The Labute approximate surface area is 131 Å². The number of carboxylic acids is 1. The number of hydrogen-bond acceptors (Lipinski definition) is 4. The lowest BCUT2D eigenvalue weighted by atomic mass is 10.00. The van der Waals surface area contributed by atoms with Gasteiger partial charge in [-0.2, -0.15) is 0 Å². The molecule has 0 aromatic heterocycles. The van der Waals surface area contributed by atoms with E-state index in [2.05, 4.69) is 17.6 Å². The number of carboxylic acid groups (broad SMARTS) is 1. The average Bonchev–Trinajstić information content (AvgIpc) is 2.84. The molecule has 0 saturated heterocycles. The van der Waals surface area contributed by atoms with Crippen LogP contribution in [0.4, 0.5) is 5.69 Å². The summed E-state index contributed by atoms with van der Waals surface area (Å²) in [6, 6.07) is 4.84. The van der Waals surface area contributed by atoms with Crippen LogP contribution in [-0.2, 0) is 11.2 Å². The Bertz CT molecular complexity index is 571. The molecule has 0 spiro atoms. The number of hydrogen-bond donors (Lipinski definition) is 3. The van der Waals surface area contributed by atoms with Crippen molar-refractivity contribution in [3.63, 3.8) is 0 Å². The molecule has 1 heterocycles. The molecule has 0 bridgehead atoms. The summed E-state index contributed by atoms with van der Waals surface area (Å²) in [4.78, 5) is 23.7. The van der Waals surface area contributed by atoms with Crippen LogP contribution in [0, 0.1) is 0 Å². The summed E-state index contributed by atoms with van der Waals surface area (Å²) >= 11 is 0. The van der Waals surface area contributed by atoms with Gasteiger partial charge in [0.2, 0.25) is 0 Å². The summed E-state index contributed by atoms with van der Waals surface area (Å²) in [5, 5.41) is 15.5. The summed E-state index contributed by atoms with van der Waals surface area (Å²) in [5.74, 6) is -0.974. The zero-order valence-electron chi connectivity index (χ0n) is 13.3. The third kappa shape index (κ3) is 3.65. The lowest BCUT2D eigenvalue weighted by molar-refractivity contribution is -0.139. The third-order valence-corrected chi connectivity index (χ3v) is 4.04. The standard InChI is InChI=1S/C17H24N2O3/c1-4-5-15(17(21)22)19-11(3)16(20)12-6-7-14-13(9-12)8-10(2)18-14/h6-7,9-11,15,18-19H,4-5,8H2,1-3H3,(H,21,22). The fourth-order valence-electron chi connectivity index (χ4n) is 2.90. The van der Waals surface area contributed by atoms with Gasteiger partial charge in [-0.25, -0.2) is 0 Å². The van der Waals surface area contributed by atoms with Crippen LogP contribution in [0.5, 0.6) is 0 Å². The largest absolute Gasteiger partial charge is 0.480 e. The van der Waals surface area contributed by atoms with E-state index in [1.165, 1.54) is 0 Å². The molecule has 5 nitrogen and oxygen atoms in total. The van der Waals surface area contributed by atoms with Gasteiger partial charge < -0.3 is 10.4 Å². The molecule has 3 unspecified atom stereocenters. The first-order valence-corrected chi connectivity index (χ1v) is 7.85. The molecule has 1 aliphatic heterocycles. The minimum absolute atomic E-state index is 0.0651. The van der Waals surface area contributed by atoms with E-state index >= 15 is 0 Å². The van der Waals surface area contributed by atoms with E-state index in [9.17, 15) is 14.7 Å². The Morgan fingerprint density at radius 3 is 2.82 bits per heavy atom. The molecule has 22 heavy (non-hydrogen) atoms. The number of anilines is 1. The maximum Gasteiger partial charge on any atom is 0.320 e. The minimum atomic E-state index is -0.909. The molecule has 0 aliphatic carbocycles. The molecule has 1 aromatic carbocycles. The molecule has 1 aliphatic rings. The molecule has 0 amide bonds. The van der Waals surface area contributed by atoms with Crippen LogP contribution in [0.1, 0.15) is 49.5 Å². The van der Waals surface area contributed by atoms with Gasteiger partial charge in [0.25, 0.3) is 0 Å². The summed E-state index contributed by atoms with van der Waals surface area (Å²) < 4.78 is 0. The fraction of sp³-hybridized carbons (Fsp3) is 0.529. The highest BCUT2D eigenvalue weighted by Gasteiger charge is 2.24. The topological polar surface area (TPSA) is 78.4 Å². The Kier molecular flexibility index (Phi) is 5.19. The number of Topliss-reactive ketones (excluding diaryl/α,β-unsaturated/α-hetero) is 1. The molecule has 2 rings (SSSR count). The van der Waals surface area contributed by atoms with Gasteiger partial charge in [0, 0.05) is 17.3 Å². The van der Waals surface area contributed by atoms with Crippen molar-refractivity contribution < 1.29 is 14.7 Å². The monoisotopic (exact) mass is 304 g/mol. The molecule has 0 saturated carbocycles. The van der Waals surface area contributed by atoms with E-state index in [1.807, 2.05) is 19.1 Å². The van der Waals surface area contributed by atoms with Crippen LogP contribution >= 0.6 is 0 Å². The third-order valence-electron chi connectivity index (χ3n) is 4.04. The van der Waals surface area contributed by atoms with Crippen molar-refractivity contribution in [2.24, 2.45) is 0 Å². The zero-order valence-corrected chi connectivity index (χ0v) is 13.3. The molecule has 3 atom stereocenters. The fourth-order valence-corrected chi connectivity index (χ4v) is 2.90. The summed E-state index contributed by atoms with van der Waals surface area (Å²) in [6.45, 7) is 5.76. The van der Waals surface area contributed by atoms with Crippen molar-refractivity contribution >= 4 is 17.4 Å². The lowest BCUT2D eigenvalue weighted by Crippen LogP contribution is -2.45. The second kappa shape index (κ2) is 6.92. The number of benzene rings is 1. The van der Waals surface area contributed by atoms with E-state index in [1.54, 1.807) is 13.0 Å². The van der Waals surface area contributed by atoms with Crippen molar-refractivity contribution in [2.45, 2.75) is 58.2 Å². The molecule has 0 radical (unpaired) electrons. The highest BCUT2D eigenvalue weighted by Crippen LogP contribution is 2.27. The molecular weight excluding hydrogens is 280 g/mol. The number of ketones is 1. The van der Waals surface area contributed by atoms with Gasteiger partial charge in [-0.1, -0.05) is 13.3 Å². The van der Waals surface area contributed by atoms with Crippen molar-refractivity contribution in [3.05, 3.63) is 29.3 Å². The normalized spacial score (nSPS) is 19.1. The first kappa shape index (κ1) is 16.5. The summed E-state index contributed by atoms with van der Waals surface area (Å²) in [7, 11) is 0. The Morgan fingerprint density at radius 2 is 2.18 bits per heavy atom. The number of rotatable bonds is 7. The summed E-state index contributed by atoms with van der Waals surface area (Å²) in [5.41, 5.74) is 2.86. The van der Waals surface area contributed by atoms with E-state index < -0.39 is 18.1 Å². The number of fused-ring (bicyclic) bond motifs is 1. The Balaban J connectivity index is 2.08. The van der Waals surface area contributed by atoms with Crippen molar-refractivity contribution in [2.75, 3.05) is 5.32 Å². The van der Waals surface area contributed by atoms with E-state index in [0.717, 1.165) is 24.1 Å². The van der Waals surface area contributed by atoms with E-state index in [4.69, 9.17) is 0 Å². The molecular formula is C17H24N2O3. The number of aliphatic carboxylic acids is 1. The van der Waals surface area contributed by atoms with E-state index in [0.29, 0.717) is 18.0 Å². The van der Waals surface area contributed by atoms with Crippen LogP contribution in [0.15, 0.2) is 18.2 Å². The highest BCUT2D eigenvalue weighted by molar-refractivity contribution is 6.00. The van der Waals surface area contributed by atoms with Gasteiger partial charge in [0.15, 0.2) is 5.78 Å². The van der Waals surface area contributed by atoms with Gasteiger partial charge in [0.1, 0.15) is 6.04 Å². The van der Waals surface area contributed by atoms with Gasteiger partial charge in [0.05, 0.1) is 6.04 Å². The first-order valence-electron chi connectivity index (χ1n) is 7.85. The maximum atomic E-state index is 12.5. The molecule has 120 valence electrons. The van der Waals surface area contributed by atoms with Gasteiger partial charge in [-0.05, 0) is 50.5 Å². The van der Waals surface area contributed by atoms with Crippen molar-refractivity contribution in [1.82, 2.24) is 5.32 Å². The van der Waals surface area contributed by atoms with Gasteiger partial charge >= 0.3 is 5.97 Å². The Morgan fingerprint density at radius 1 is 1.45 bits per heavy atom.